The van der Waals surface area contributed by atoms with Crippen LogP contribution in [-0.4, -0.2) is 24.8 Å². The third-order valence-electron chi connectivity index (χ3n) is 4.47. The summed E-state index contributed by atoms with van der Waals surface area (Å²) in [6.45, 7) is 2.07. The van der Waals surface area contributed by atoms with Crippen LogP contribution in [0.3, 0.4) is 0 Å². The molecule has 8 heteroatoms. The highest BCUT2D eigenvalue weighted by atomic mass is 16.7. The van der Waals surface area contributed by atoms with Gasteiger partial charge in [-0.25, -0.2) is 4.79 Å². The van der Waals surface area contributed by atoms with Gasteiger partial charge >= 0.3 is 5.97 Å². The van der Waals surface area contributed by atoms with Crippen LogP contribution in [0.2, 0.25) is 0 Å². The maximum atomic E-state index is 12.6. The fourth-order valence-corrected chi connectivity index (χ4v) is 2.91. The monoisotopic (exact) mass is 408 g/mol. The molecule has 0 saturated heterocycles. The van der Waals surface area contributed by atoms with E-state index in [1.807, 2.05) is 6.07 Å². The van der Waals surface area contributed by atoms with Crippen molar-refractivity contribution in [3.8, 4) is 11.5 Å². The number of carbonyl (C=O) groups is 2. The quantitative estimate of drug-likeness (QED) is 0.574. The number of para-hydroxylation sites is 1. The van der Waals surface area contributed by atoms with E-state index in [4.69, 9.17) is 18.6 Å². The first-order chi connectivity index (χ1) is 14.6. The number of furan rings is 1. The maximum Gasteiger partial charge on any atom is 0.341 e. The van der Waals surface area contributed by atoms with Gasteiger partial charge in [0.25, 0.3) is 5.91 Å². The zero-order chi connectivity index (χ0) is 20.9. The molecule has 0 saturated carbocycles. The first-order valence-corrected chi connectivity index (χ1v) is 9.37. The van der Waals surface area contributed by atoms with Crippen LogP contribution in [0.25, 0.3) is 0 Å². The van der Waals surface area contributed by atoms with Gasteiger partial charge in [0.1, 0.15) is 5.76 Å². The number of carbonyl (C=O) groups excluding carboxylic acids is 2. The van der Waals surface area contributed by atoms with E-state index < -0.39 is 18.0 Å². The number of nitrogens with one attached hydrogen (secondary N) is 2. The van der Waals surface area contributed by atoms with Crippen LogP contribution < -0.4 is 20.1 Å². The van der Waals surface area contributed by atoms with Gasteiger partial charge in [-0.3, -0.25) is 4.79 Å². The summed E-state index contributed by atoms with van der Waals surface area (Å²) in [6.07, 6.45) is 0.582. The van der Waals surface area contributed by atoms with Crippen molar-refractivity contribution in [2.24, 2.45) is 0 Å². The molecule has 4 rings (SSSR count). The molecule has 1 amide bonds. The molecule has 2 N–H and O–H groups in total. The number of fused-ring (bicyclic) bond motifs is 1. The molecule has 1 aliphatic heterocycles. The standard InChI is InChI=1S/C22H20N2O6/c1-14(21(25)24-15-8-9-19-20(11-15)29-13-28-19)30-22(26)17-6-2-3-7-18(17)23-12-16-5-4-10-27-16/h2-11,14,23H,12-13H2,1H3,(H,24,25)/t14-/m1/s1. The smallest absolute Gasteiger partial charge is 0.341 e. The Morgan fingerprint density at radius 3 is 2.73 bits per heavy atom. The minimum absolute atomic E-state index is 0.147. The zero-order valence-corrected chi connectivity index (χ0v) is 16.2. The molecular weight excluding hydrogens is 388 g/mol. The summed E-state index contributed by atoms with van der Waals surface area (Å²) in [5.74, 6) is 0.837. The molecule has 0 spiro atoms. The van der Waals surface area contributed by atoms with Crippen molar-refractivity contribution in [2.45, 2.75) is 19.6 Å². The van der Waals surface area contributed by atoms with E-state index in [-0.39, 0.29) is 6.79 Å². The van der Waals surface area contributed by atoms with Crippen molar-refractivity contribution in [1.29, 1.82) is 0 Å². The SMILES string of the molecule is C[C@@H](OC(=O)c1ccccc1NCc1ccco1)C(=O)Nc1ccc2c(c1)OCO2. The lowest BCUT2D eigenvalue weighted by Gasteiger charge is -2.15. The first-order valence-electron chi connectivity index (χ1n) is 9.37. The molecule has 0 unspecified atom stereocenters. The highest BCUT2D eigenvalue weighted by molar-refractivity contribution is 5.99. The van der Waals surface area contributed by atoms with Crippen molar-refractivity contribution in [3.05, 3.63) is 72.2 Å². The van der Waals surface area contributed by atoms with E-state index in [0.717, 1.165) is 5.76 Å². The molecule has 154 valence electrons. The second-order valence-corrected chi connectivity index (χ2v) is 6.58. The molecule has 2 aromatic carbocycles. The number of benzene rings is 2. The molecule has 30 heavy (non-hydrogen) atoms. The lowest BCUT2D eigenvalue weighted by Crippen LogP contribution is -2.30. The Morgan fingerprint density at radius 1 is 1.07 bits per heavy atom. The molecular formula is C22H20N2O6. The van der Waals surface area contributed by atoms with Crippen molar-refractivity contribution < 1.29 is 28.2 Å². The van der Waals surface area contributed by atoms with E-state index in [9.17, 15) is 9.59 Å². The van der Waals surface area contributed by atoms with Crippen LogP contribution in [0.1, 0.15) is 23.0 Å². The van der Waals surface area contributed by atoms with Crippen molar-refractivity contribution >= 4 is 23.3 Å². The van der Waals surface area contributed by atoms with Crippen LogP contribution in [0.5, 0.6) is 11.5 Å². The van der Waals surface area contributed by atoms with Crippen LogP contribution >= 0.6 is 0 Å². The molecule has 0 radical (unpaired) electrons. The Kier molecular flexibility index (Phi) is 5.56. The van der Waals surface area contributed by atoms with Crippen molar-refractivity contribution in [2.75, 3.05) is 17.4 Å². The van der Waals surface area contributed by atoms with Gasteiger partial charge in [-0.15, -0.1) is 0 Å². The van der Waals surface area contributed by atoms with Gasteiger partial charge in [0.15, 0.2) is 17.6 Å². The summed E-state index contributed by atoms with van der Waals surface area (Å²) >= 11 is 0. The number of hydrogen-bond donors (Lipinski definition) is 2. The predicted molar refractivity (Wildman–Crippen MR) is 109 cm³/mol. The summed E-state index contributed by atoms with van der Waals surface area (Å²) in [5, 5.41) is 5.85. The average molecular weight is 408 g/mol. The largest absolute Gasteiger partial charge is 0.467 e. The summed E-state index contributed by atoms with van der Waals surface area (Å²) in [4.78, 5) is 25.1. The molecule has 8 nitrogen and oxygen atoms in total. The normalized spacial score (nSPS) is 12.8. The number of ether oxygens (including phenoxy) is 3. The highest BCUT2D eigenvalue weighted by Crippen LogP contribution is 2.34. The molecule has 1 aromatic heterocycles. The van der Waals surface area contributed by atoms with Crippen molar-refractivity contribution in [1.82, 2.24) is 0 Å². The Bertz CT molecular complexity index is 1050. The third kappa shape index (κ3) is 4.38. The number of hydrogen-bond acceptors (Lipinski definition) is 7. The number of amides is 1. The minimum Gasteiger partial charge on any atom is -0.467 e. The second-order valence-electron chi connectivity index (χ2n) is 6.58. The van der Waals surface area contributed by atoms with E-state index in [2.05, 4.69) is 10.6 Å². The van der Waals surface area contributed by atoms with Gasteiger partial charge in [0, 0.05) is 17.4 Å². The van der Waals surface area contributed by atoms with Gasteiger partial charge in [-0.2, -0.15) is 0 Å². The van der Waals surface area contributed by atoms with Gasteiger partial charge in [0.2, 0.25) is 6.79 Å². The zero-order valence-electron chi connectivity index (χ0n) is 16.2. The van der Waals surface area contributed by atoms with Crippen LogP contribution in [0.15, 0.2) is 65.3 Å². The second kappa shape index (κ2) is 8.60. The summed E-state index contributed by atoms with van der Waals surface area (Å²) in [5.41, 5.74) is 1.43. The Labute approximate surface area is 172 Å². The lowest BCUT2D eigenvalue weighted by molar-refractivity contribution is -0.123. The molecule has 2 heterocycles. The molecule has 0 aliphatic carbocycles. The van der Waals surface area contributed by atoms with Gasteiger partial charge < -0.3 is 29.3 Å². The molecule has 0 bridgehead atoms. The summed E-state index contributed by atoms with van der Waals surface area (Å²) in [6, 6.07) is 15.6. The maximum absolute atomic E-state index is 12.6. The highest BCUT2D eigenvalue weighted by Gasteiger charge is 2.22. The Balaban J connectivity index is 1.37. The van der Waals surface area contributed by atoms with Crippen LogP contribution in [0, 0.1) is 0 Å². The topological polar surface area (TPSA) is 99.0 Å². The van der Waals surface area contributed by atoms with E-state index in [0.29, 0.717) is 35.0 Å². The third-order valence-corrected chi connectivity index (χ3v) is 4.47. The Hall–Kier alpha value is -3.94. The predicted octanol–water partition coefficient (Wildman–Crippen LogP) is 3.80. The minimum atomic E-state index is -0.999. The van der Waals surface area contributed by atoms with Crippen molar-refractivity contribution in [3.63, 3.8) is 0 Å². The lowest BCUT2D eigenvalue weighted by atomic mass is 10.1. The molecule has 1 aliphatic rings. The first kappa shape index (κ1) is 19.4. The van der Waals surface area contributed by atoms with E-state index >= 15 is 0 Å². The number of anilines is 2. The van der Waals surface area contributed by atoms with Gasteiger partial charge in [-0.05, 0) is 43.3 Å². The Morgan fingerprint density at radius 2 is 1.90 bits per heavy atom. The fourth-order valence-electron chi connectivity index (χ4n) is 2.91. The van der Waals surface area contributed by atoms with Gasteiger partial charge in [0.05, 0.1) is 18.4 Å². The number of rotatable bonds is 7. The summed E-state index contributed by atoms with van der Waals surface area (Å²) < 4.78 is 21.2. The van der Waals surface area contributed by atoms with Gasteiger partial charge in [-0.1, -0.05) is 12.1 Å². The van der Waals surface area contributed by atoms with Crippen LogP contribution in [0.4, 0.5) is 11.4 Å². The molecule has 1 atom stereocenters. The molecule has 0 fully saturated rings. The van der Waals surface area contributed by atoms with E-state index in [1.54, 1.807) is 54.8 Å². The molecule has 3 aromatic rings. The van der Waals surface area contributed by atoms with Crippen LogP contribution in [-0.2, 0) is 16.1 Å². The van der Waals surface area contributed by atoms with E-state index in [1.165, 1.54) is 6.92 Å². The number of esters is 1. The fraction of sp³-hybridized carbons (Fsp3) is 0.182. The summed E-state index contributed by atoms with van der Waals surface area (Å²) in [7, 11) is 0. The average Bonchev–Trinajstić information content (AvgIpc) is 3.43.